The third kappa shape index (κ3) is 3.21. The normalized spacial score (nSPS) is 21.8. The Balaban J connectivity index is 2.26. The van der Waals surface area contributed by atoms with Gasteiger partial charge in [-0.3, -0.25) is 4.68 Å². The molecule has 0 aliphatic carbocycles. The summed E-state index contributed by atoms with van der Waals surface area (Å²) in [6.45, 7) is 2.88. The van der Waals surface area contributed by atoms with Crippen LogP contribution in [0.4, 0.5) is 0 Å². The average Bonchev–Trinajstić information content (AvgIpc) is 2.76. The summed E-state index contributed by atoms with van der Waals surface area (Å²) in [5.41, 5.74) is 0. The zero-order chi connectivity index (χ0) is 14.6. The van der Waals surface area contributed by atoms with Crippen LogP contribution in [0, 0.1) is 0 Å². The van der Waals surface area contributed by atoms with Gasteiger partial charge in [0.15, 0.2) is 0 Å². The van der Waals surface area contributed by atoms with Crippen molar-refractivity contribution in [1.82, 2.24) is 14.1 Å². The maximum Gasteiger partial charge on any atom is 0.246 e. The van der Waals surface area contributed by atoms with Crippen molar-refractivity contribution >= 4 is 10.0 Å². The lowest BCUT2D eigenvalue weighted by Crippen LogP contribution is -2.39. The van der Waals surface area contributed by atoms with E-state index < -0.39 is 10.0 Å². The first-order valence-corrected chi connectivity index (χ1v) is 8.68. The van der Waals surface area contributed by atoms with Crippen molar-refractivity contribution in [2.45, 2.75) is 56.5 Å². The summed E-state index contributed by atoms with van der Waals surface area (Å²) in [6.07, 6.45) is 7.75. The monoisotopic (exact) mass is 301 g/mol. The number of aliphatic hydroxyl groups is 1. The van der Waals surface area contributed by atoms with Crippen LogP contribution in [-0.2, 0) is 16.6 Å². The van der Waals surface area contributed by atoms with Crippen LogP contribution >= 0.6 is 0 Å². The predicted octanol–water partition coefficient (Wildman–Crippen LogP) is 1.22. The van der Waals surface area contributed by atoms with Crippen LogP contribution in [0.2, 0.25) is 0 Å². The summed E-state index contributed by atoms with van der Waals surface area (Å²) >= 11 is 0. The Morgan fingerprint density at radius 3 is 2.90 bits per heavy atom. The van der Waals surface area contributed by atoms with E-state index in [0.29, 0.717) is 13.1 Å². The van der Waals surface area contributed by atoms with E-state index in [1.165, 1.54) is 17.1 Å². The summed E-state index contributed by atoms with van der Waals surface area (Å²) in [5.74, 6) is 0. The van der Waals surface area contributed by atoms with Crippen LogP contribution < -0.4 is 0 Å². The highest BCUT2D eigenvalue weighted by Gasteiger charge is 2.32. The molecule has 2 rings (SSSR count). The number of sulfonamides is 1. The fourth-order valence-corrected chi connectivity index (χ4v) is 4.44. The van der Waals surface area contributed by atoms with Crippen LogP contribution in [0.25, 0.3) is 0 Å². The Bertz CT molecular complexity index is 527. The highest BCUT2D eigenvalue weighted by atomic mass is 32.2. The Labute approximate surface area is 120 Å². The molecule has 1 N–H and O–H groups in total. The van der Waals surface area contributed by atoms with E-state index in [1.54, 1.807) is 4.31 Å². The molecule has 0 spiro atoms. The molecule has 1 aliphatic rings. The molecule has 7 heteroatoms. The quantitative estimate of drug-likeness (QED) is 0.887. The van der Waals surface area contributed by atoms with E-state index in [-0.39, 0.29) is 17.5 Å². The second kappa shape index (κ2) is 6.69. The number of rotatable bonds is 5. The van der Waals surface area contributed by atoms with Crippen LogP contribution in [0.5, 0.6) is 0 Å². The zero-order valence-electron chi connectivity index (χ0n) is 11.9. The Morgan fingerprint density at radius 2 is 2.20 bits per heavy atom. The summed E-state index contributed by atoms with van der Waals surface area (Å²) < 4.78 is 28.6. The van der Waals surface area contributed by atoms with Crippen molar-refractivity contribution in [3.8, 4) is 0 Å². The van der Waals surface area contributed by atoms with Gasteiger partial charge in [0, 0.05) is 18.8 Å². The van der Waals surface area contributed by atoms with Crippen LogP contribution in [0.1, 0.15) is 39.0 Å². The highest BCUT2D eigenvalue weighted by Crippen LogP contribution is 2.26. The zero-order valence-corrected chi connectivity index (χ0v) is 12.7. The van der Waals surface area contributed by atoms with Gasteiger partial charge in [-0.05, 0) is 19.3 Å². The van der Waals surface area contributed by atoms with Gasteiger partial charge in [-0.1, -0.05) is 19.8 Å². The molecule has 1 aliphatic heterocycles. The number of nitrogens with zero attached hydrogens (tertiary/aromatic N) is 3. The second-order valence-corrected chi connectivity index (χ2v) is 7.08. The number of hydrogen-bond donors (Lipinski definition) is 1. The minimum atomic E-state index is -3.48. The van der Waals surface area contributed by atoms with E-state index in [9.17, 15) is 8.42 Å². The minimum Gasteiger partial charge on any atom is -0.394 e. The SMILES string of the molecule is CCC1CCCCCN1S(=O)(=O)c1cnn(CCO)c1. The molecular formula is C13H23N3O3S. The predicted molar refractivity (Wildman–Crippen MR) is 75.8 cm³/mol. The highest BCUT2D eigenvalue weighted by molar-refractivity contribution is 7.89. The summed E-state index contributed by atoms with van der Waals surface area (Å²) in [7, 11) is -3.48. The van der Waals surface area contributed by atoms with Crippen molar-refractivity contribution in [2.24, 2.45) is 0 Å². The van der Waals surface area contributed by atoms with Crippen molar-refractivity contribution in [3.05, 3.63) is 12.4 Å². The molecule has 20 heavy (non-hydrogen) atoms. The molecule has 1 unspecified atom stereocenters. The molecule has 114 valence electrons. The number of hydrogen-bond acceptors (Lipinski definition) is 4. The lowest BCUT2D eigenvalue weighted by molar-refractivity contribution is 0.269. The van der Waals surface area contributed by atoms with Gasteiger partial charge in [0.25, 0.3) is 0 Å². The first-order valence-electron chi connectivity index (χ1n) is 7.24. The van der Waals surface area contributed by atoms with Crippen molar-refractivity contribution in [3.63, 3.8) is 0 Å². The van der Waals surface area contributed by atoms with Crippen molar-refractivity contribution in [1.29, 1.82) is 0 Å². The van der Waals surface area contributed by atoms with Gasteiger partial charge >= 0.3 is 0 Å². The van der Waals surface area contributed by atoms with Gasteiger partial charge in [0.05, 0.1) is 19.3 Å². The maximum atomic E-state index is 12.7. The Kier molecular flexibility index (Phi) is 5.17. The van der Waals surface area contributed by atoms with Gasteiger partial charge in [0.2, 0.25) is 10.0 Å². The molecule has 1 fully saturated rings. The number of aliphatic hydroxyl groups excluding tert-OH is 1. The fraction of sp³-hybridized carbons (Fsp3) is 0.769. The number of aromatic nitrogens is 2. The third-order valence-electron chi connectivity index (χ3n) is 3.84. The fourth-order valence-electron chi connectivity index (χ4n) is 2.71. The molecule has 0 bridgehead atoms. The smallest absolute Gasteiger partial charge is 0.246 e. The molecule has 0 aromatic carbocycles. The molecular weight excluding hydrogens is 278 g/mol. The standard InChI is InChI=1S/C13H23N3O3S/c1-2-12-6-4-3-5-7-16(12)20(18,19)13-10-14-15(11-13)8-9-17/h10-12,17H,2-9H2,1H3. The molecule has 1 saturated heterocycles. The Hall–Kier alpha value is -0.920. The molecule has 1 aromatic rings. The van der Waals surface area contributed by atoms with Crippen molar-refractivity contribution < 1.29 is 13.5 Å². The van der Waals surface area contributed by atoms with Gasteiger partial charge in [-0.2, -0.15) is 9.40 Å². The van der Waals surface area contributed by atoms with Crippen LogP contribution in [-0.4, -0.2) is 46.8 Å². The Morgan fingerprint density at radius 1 is 1.40 bits per heavy atom. The summed E-state index contributed by atoms with van der Waals surface area (Å²) in [6, 6.07) is 0.0868. The largest absolute Gasteiger partial charge is 0.394 e. The third-order valence-corrected chi connectivity index (χ3v) is 5.74. The maximum absolute atomic E-state index is 12.7. The van der Waals surface area contributed by atoms with E-state index in [2.05, 4.69) is 5.10 Å². The lowest BCUT2D eigenvalue weighted by Gasteiger charge is -2.27. The summed E-state index contributed by atoms with van der Waals surface area (Å²) in [4.78, 5) is 0.228. The van der Waals surface area contributed by atoms with E-state index in [1.807, 2.05) is 6.92 Å². The van der Waals surface area contributed by atoms with E-state index in [0.717, 1.165) is 32.1 Å². The van der Waals surface area contributed by atoms with Crippen LogP contribution in [0.3, 0.4) is 0 Å². The lowest BCUT2D eigenvalue weighted by atomic mass is 10.1. The first kappa shape index (κ1) is 15.5. The average molecular weight is 301 g/mol. The van der Waals surface area contributed by atoms with Gasteiger partial charge in [0.1, 0.15) is 4.90 Å². The topological polar surface area (TPSA) is 75.4 Å². The molecule has 0 saturated carbocycles. The van der Waals surface area contributed by atoms with E-state index >= 15 is 0 Å². The second-order valence-electron chi connectivity index (χ2n) is 5.19. The molecule has 2 heterocycles. The van der Waals surface area contributed by atoms with E-state index in [4.69, 9.17) is 5.11 Å². The molecule has 6 nitrogen and oxygen atoms in total. The summed E-state index contributed by atoms with van der Waals surface area (Å²) in [5, 5.41) is 12.9. The van der Waals surface area contributed by atoms with Gasteiger partial charge in [-0.25, -0.2) is 8.42 Å². The van der Waals surface area contributed by atoms with Crippen LogP contribution in [0.15, 0.2) is 17.3 Å². The van der Waals surface area contributed by atoms with Crippen molar-refractivity contribution in [2.75, 3.05) is 13.2 Å². The molecule has 0 amide bonds. The molecule has 1 aromatic heterocycles. The molecule has 0 radical (unpaired) electrons. The van der Waals surface area contributed by atoms with Gasteiger partial charge < -0.3 is 5.11 Å². The molecule has 1 atom stereocenters. The first-order chi connectivity index (χ1) is 9.59. The minimum absolute atomic E-state index is 0.0531. The van der Waals surface area contributed by atoms with Gasteiger partial charge in [-0.15, -0.1) is 0 Å².